The first kappa shape index (κ1) is 16.7. The molecular weight excluding hydrogens is 289 g/mol. The van der Waals surface area contributed by atoms with E-state index in [0.29, 0.717) is 0 Å². The molecule has 1 heterocycles. The zero-order valence-electron chi connectivity index (χ0n) is 11.4. The average Bonchev–Trinajstić information content (AvgIpc) is 2.44. The number of aromatic nitrogens is 1. The second kappa shape index (κ2) is 5.98. The third-order valence-corrected chi connectivity index (χ3v) is 3.19. The number of nitrogens with zero attached hydrogens (tertiary/aromatic N) is 2. The number of alkyl halides is 3. The number of carbonyl (C=O) groups is 1. The fourth-order valence-electron chi connectivity index (χ4n) is 1.47. The summed E-state index contributed by atoms with van der Waals surface area (Å²) >= 11 is 0. The summed E-state index contributed by atoms with van der Waals surface area (Å²) in [6, 6.07) is 1.83. The van der Waals surface area contributed by atoms with Crippen LogP contribution in [0.5, 0.6) is 0 Å². The number of hydrogen-bond acceptors (Lipinski definition) is 4. The molecule has 1 atom stereocenters. The number of carbonyl (C=O) groups excluding carboxylic acids is 1. The summed E-state index contributed by atoms with van der Waals surface area (Å²) in [6.07, 6.45) is -3.42. The number of nitrogens with two attached hydrogens (primary N) is 1. The molecular formula is C12H15F3N4O2. The van der Waals surface area contributed by atoms with Gasteiger partial charge in [-0.25, -0.2) is 4.98 Å². The molecule has 6 nitrogen and oxygen atoms in total. The van der Waals surface area contributed by atoms with Crippen LogP contribution in [0.25, 0.3) is 0 Å². The van der Waals surface area contributed by atoms with Gasteiger partial charge in [-0.3, -0.25) is 4.79 Å². The van der Waals surface area contributed by atoms with Gasteiger partial charge in [0.05, 0.1) is 11.9 Å². The number of nitrogens with one attached hydrogen (secondary N) is 1. The van der Waals surface area contributed by atoms with Gasteiger partial charge in [0.15, 0.2) is 5.84 Å². The number of pyridine rings is 1. The standard InChI is InChI=1S/C12H15F3N4O2/c1-3-11(2,9(16)19-21)10(20)18-7-4-5-8(17-6-7)12(13,14)15/h4-6,21H,3H2,1-2H3,(H2,16,19)(H,18,20). The highest BCUT2D eigenvalue weighted by molar-refractivity contribution is 6.11. The van der Waals surface area contributed by atoms with E-state index >= 15 is 0 Å². The smallest absolute Gasteiger partial charge is 0.409 e. The Kier molecular flexibility index (Phi) is 4.77. The second-order valence-electron chi connectivity index (χ2n) is 4.55. The third kappa shape index (κ3) is 3.61. The average molecular weight is 304 g/mol. The van der Waals surface area contributed by atoms with Gasteiger partial charge in [-0.15, -0.1) is 0 Å². The molecule has 0 radical (unpaired) electrons. The number of anilines is 1. The summed E-state index contributed by atoms with van der Waals surface area (Å²) in [5.74, 6) is -0.899. The maximum Gasteiger partial charge on any atom is 0.433 e. The first-order valence-corrected chi connectivity index (χ1v) is 5.98. The summed E-state index contributed by atoms with van der Waals surface area (Å²) in [7, 11) is 0. The lowest BCUT2D eigenvalue weighted by atomic mass is 9.85. The Morgan fingerprint density at radius 1 is 1.48 bits per heavy atom. The van der Waals surface area contributed by atoms with E-state index in [4.69, 9.17) is 10.9 Å². The van der Waals surface area contributed by atoms with E-state index in [0.717, 1.165) is 18.3 Å². The number of halogens is 3. The molecule has 0 aliphatic carbocycles. The molecule has 21 heavy (non-hydrogen) atoms. The summed E-state index contributed by atoms with van der Waals surface area (Å²) in [5.41, 5.74) is 3.21. The molecule has 0 aliphatic rings. The first-order valence-electron chi connectivity index (χ1n) is 5.98. The predicted molar refractivity (Wildman–Crippen MR) is 69.7 cm³/mol. The highest BCUT2D eigenvalue weighted by atomic mass is 19.4. The minimum atomic E-state index is -4.55. The Morgan fingerprint density at radius 3 is 2.48 bits per heavy atom. The van der Waals surface area contributed by atoms with Gasteiger partial charge >= 0.3 is 6.18 Å². The molecule has 0 saturated heterocycles. The topological polar surface area (TPSA) is 101 Å². The van der Waals surface area contributed by atoms with Gasteiger partial charge in [-0.1, -0.05) is 12.1 Å². The van der Waals surface area contributed by atoms with Crippen molar-refractivity contribution in [3.05, 3.63) is 24.0 Å². The number of amidine groups is 1. The predicted octanol–water partition coefficient (Wildman–Crippen LogP) is 2.20. The summed E-state index contributed by atoms with van der Waals surface area (Å²) in [4.78, 5) is 15.3. The number of amides is 1. The van der Waals surface area contributed by atoms with Crippen LogP contribution in [0.3, 0.4) is 0 Å². The van der Waals surface area contributed by atoms with Crippen LogP contribution in [0.1, 0.15) is 26.0 Å². The van der Waals surface area contributed by atoms with Gasteiger partial charge in [0.25, 0.3) is 0 Å². The summed E-state index contributed by atoms with van der Waals surface area (Å²) in [5, 5.41) is 13.9. The number of oxime groups is 1. The monoisotopic (exact) mass is 304 g/mol. The minimum Gasteiger partial charge on any atom is -0.409 e. The van der Waals surface area contributed by atoms with Crippen molar-refractivity contribution in [2.75, 3.05) is 5.32 Å². The molecule has 1 aromatic heterocycles. The fraction of sp³-hybridized carbons (Fsp3) is 0.417. The van der Waals surface area contributed by atoms with Crippen LogP contribution in [0, 0.1) is 5.41 Å². The SMILES string of the molecule is CCC(C)(C(=O)Nc1ccc(C(F)(F)F)nc1)/C(N)=N/O. The lowest BCUT2D eigenvalue weighted by molar-refractivity contribution is -0.141. The zero-order chi connectivity index (χ0) is 16.3. The maximum atomic E-state index is 12.4. The van der Waals surface area contributed by atoms with Crippen molar-refractivity contribution in [1.29, 1.82) is 0 Å². The molecule has 0 aliphatic heterocycles. The molecule has 116 valence electrons. The van der Waals surface area contributed by atoms with Gasteiger partial charge in [0, 0.05) is 0 Å². The van der Waals surface area contributed by atoms with E-state index in [1.54, 1.807) is 6.92 Å². The summed E-state index contributed by atoms with van der Waals surface area (Å²) in [6.45, 7) is 3.11. The molecule has 4 N–H and O–H groups in total. The molecule has 0 bridgehead atoms. The number of rotatable bonds is 4. The molecule has 0 saturated carbocycles. The van der Waals surface area contributed by atoms with Crippen LogP contribution in [-0.4, -0.2) is 21.9 Å². The maximum absolute atomic E-state index is 12.4. The normalized spacial score (nSPS) is 15.4. The van der Waals surface area contributed by atoms with Crippen LogP contribution in [0.2, 0.25) is 0 Å². The quantitative estimate of drug-likeness (QED) is 0.343. The van der Waals surface area contributed by atoms with Crippen LogP contribution in [0.4, 0.5) is 18.9 Å². The van der Waals surface area contributed by atoms with Crippen LogP contribution < -0.4 is 11.1 Å². The zero-order valence-corrected chi connectivity index (χ0v) is 11.4. The van der Waals surface area contributed by atoms with Gasteiger partial charge in [0.2, 0.25) is 5.91 Å². The van der Waals surface area contributed by atoms with E-state index in [1.165, 1.54) is 6.92 Å². The van der Waals surface area contributed by atoms with Crippen molar-refractivity contribution in [2.45, 2.75) is 26.4 Å². The van der Waals surface area contributed by atoms with Crippen molar-refractivity contribution >= 4 is 17.4 Å². The Labute approximate surface area is 118 Å². The lowest BCUT2D eigenvalue weighted by Gasteiger charge is -2.25. The summed E-state index contributed by atoms with van der Waals surface area (Å²) < 4.78 is 37.1. The molecule has 0 aromatic carbocycles. The van der Waals surface area contributed by atoms with E-state index in [2.05, 4.69) is 15.5 Å². The molecule has 0 fully saturated rings. The number of hydrogen-bond donors (Lipinski definition) is 3. The molecule has 0 spiro atoms. The van der Waals surface area contributed by atoms with E-state index < -0.39 is 23.2 Å². The second-order valence-corrected chi connectivity index (χ2v) is 4.55. The molecule has 1 rings (SSSR count). The highest BCUT2D eigenvalue weighted by Gasteiger charge is 2.37. The lowest BCUT2D eigenvalue weighted by Crippen LogP contribution is -2.44. The highest BCUT2D eigenvalue weighted by Crippen LogP contribution is 2.28. The van der Waals surface area contributed by atoms with Crippen LogP contribution in [0.15, 0.2) is 23.5 Å². The van der Waals surface area contributed by atoms with Gasteiger partial charge < -0.3 is 16.3 Å². The van der Waals surface area contributed by atoms with Crippen molar-refractivity contribution < 1.29 is 23.2 Å². The Morgan fingerprint density at radius 2 is 2.10 bits per heavy atom. The van der Waals surface area contributed by atoms with E-state index in [9.17, 15) is 18.0 Å². The van der Waals surface area contributed by atoms with Crippen LogP contribution in [-0.2, 0) is 11.0 Å². The largest absolute Gasteiger partial charge is 0.433 e. The Bertz CT molecular complexity index is 542. The van der Waals surface area contributed by atoms with E-state index in [-0.39, 0.29) is 17.9 Å². The minimum absolute atomic E-state index is 0.0819. The Balaban J connectivity index is 2.93. The molecule has 1 amide bonds. The van der Waals surface area contributed by atoms with Crippen molar-refractivity contribution in [1.82, 2.24) is 4.98 Å². The first-order chi connectivity index (χ1) is 9.65. The van der Waals surface area contributed by atoms with Gasteiger partial charge in [-0.2, -0.15) is 13.2 Å². The van der Waals surface area contributed by atoms with Crippen LogP contribution >= 0.6 is 0 Å². The van der Waals surface area contributed by atoms with Crippen molar-refractivity contribution in [2.24, 2.45) is 16.3 Å². The molecule has 9 heteroatoms. The Hall–Kier alpha value is -2.32. The van der Waals surface area contributed by atoms with Gasteiger partial charge in [-0.05, 0) is 25.5 Å². The van der Waals surface area contributed by atoms with Crippen molar-refractivity contribution in [3.63, 3.8) is 0 Å². The van der Waals surface area contributed by atoms with E-state index in [1.807, 2.05) is 0 Å². The van der Waals surface area contributed by atoms with Crippen molar-refractivity contribution in [3.8, 4) is 0 Å². The third-order valence-electron chi connectivity index (χ3n) is 3.19. The van der Waals surface area contributed by atoms with Gasteiger partial charge in [0.1, 0.15) is 11.1 Å². The fourth-order valence-corrected chi connectivity index (χ4v) is 1.47. The molecule has 1 aromatic rings. The molecule has 1 unspecified atom stereocenters.